The number of amides is 1. The third kappa shape index (κ3) is 5.81. The van der Waals surface area contributed by atoms with E-state index in [4.69, 9.17) is 16.3 Å². The highest BCUT2D eigenvalue weighted by Gasteiger charge is 2.25. The van der Waals surface area contributed by atoms with Gasteiger partial charge in [0.2, 0.25) is 10.0 Å². The summed E-state index contributed by atoms with van der Waals surface area (Å²) >= 11 is 5.68. The fourth-order valence-electron chi connectivity index (χ4n) is 2.80. The summed E-state index contributed by atoms with van der Waals surface area (Å²) in [6.07, 6.45) is -1.26. The molecule has 0 saturated carbocycles. The molecule has 1 amide bonds. The maximum Gasteiger partial charge on any atom is 0.339 e. The van der Waals surface area contributed by atoms with E-state index in [0.717, 1.165) is 6.07 Å². The lowest BCUT2D eigenvalue weighted by Crippen LogP contribution is -2.31. The Morgan fingerprint density at radius 2 is 1.81 bits per heavy atom. The Hall–Kier alpha value is -2.49. The van der Waals surface area contributed by atoms with Crippen LogP contribution in [-0.2, 0) is 19.6 Å². The lowest BCUT2D eigenvalue weighted by atomic mass is 10.1. The van der Waals surface area contributed by atoms with E-state index < -0.39 is 33.8 Å². The molecule has 2 aromatic carbocycles. The van der Waals surface area contributed by atoms with Gasteiger partial charge in [-0.25, -0.2) is 17.6 Å². The number of hydrogen-bond donors (Lipinski definition) is 1. The summed E-state index contributed by atoms with van der Waals surface area (Å²) in [6.45, 7) is 6.95. The van der Waals surface area contributed by atoms with E-state index in [0.29, 0.717) is 5.56 Å². The summed E-state index contributed by atoms with van der Waals surface area (Å²) in [4.78, 5) is 24.9. The summed E-state index contributed by atoms with van der Waals surface area (Å²) in [6, 6.07) is 7.88. The molecule has 0 bridgehead atoms. The van der Waals surface area contributed by atoms with Crippen LogP contribution >= 0.6 is 11.6 Å². The van der Waals surface area contributed by atoms with Crippen LogP contribution < -0.4 is 5.32 Å². The van der Waals surface area contributed by atoms with Crippen molar-refractivity contribution >= 4 is 39.2 Å². The van der Waals surface area contributed by atoms with Crippen LogP contribution in [0.4, 0.5) is 10.1 Å². The first-order valence-corrected chi connectivity index (χ1v) is 11.4. The zero-order valence-electron chi connectivity index (χ0n) is 17.6. The van der Waals surface area contributed by atoms with Gasteiger partial charge in [0, 0.05) is 18.1 Å². The molecule has 1 N–H and O–H groups in total. The van der Waals surface area contributed by atoms with Crippen molar-refractivity contribution < 1.29 is 27.1 Å². The highest BCUT2D eigenvalue weighted by Crippen LogP contribution is 2.22. The van der Waals surface area contributed by atoms with Gasteiger partial charge in [-0.05, 0) is 49.7 Å². The SMILES string of the molecule is CCN(CC)S(=O)(=O)c1ccc(C)c(C(=O)OC(C)C(=O)Nc2ccc(Cl)cc2F)c1. The number of nitrogens with zero attached hydrogens (tertiary/aromatic N) is 1. The van der Waals surface area contributed by atoms with Crippen LogP contribution in [0.25, 0.3) is 0 Å². The number of carbonyl (C=O) groups is 2. The molecule has 168 valence electrons. The van der Waals surface area contributed by atoms with Gasteiger partial charge in [-0.2, -0.15) is 4.31 Å². The maximum atomic E-state index is 13.9. The van der Waals surface area contributed by atoms with E-state index in [-0.39, 0.29) is 34.3 Å². The van der Waals surface area contributed by atoms with Gasteiger partial charge in [0.1, 0.15) is 5.82 Å². The van der Waals surface area contributed by atoms with E-state index in [1.165, 1.54) is 41.6 Å². The van der Waals surface area contributed by atoms with E-state index in [9.17, 15) is 22.4 Å². The van der Waals surface area contributed by atoms with Gasteiger partial charge in [0.15, 0.2) is 6.10 Å². The molecule has 10 heteroatoms. The van der Waals surface area contributed by atoms with Gasteiger partial charge in [0.25, 0.3) is 5.91 Å². The smallest absolute Gasteiger partial charge is 0.339 e. The van der Waals surface area contributed by atoms with Crippen molar-refractivity contribution in [2.24, 2.45) is 0 Å². The topological polar surface area (TPSA) is 92.8 Å². The predicted molar refractivity (Wildman–Crippen MR) is 116 cm³/mol. The minimum atomic E-state index is -3.77. The molecule has 2 rings (SSSR count). The van der Waals surface area contributed by atoms with Crippen LogP contribution in [0.15, 0.2) is 41.3 Å². The standard InChI is InChI=1S/C21H24ClFN2O5S/c1-5-25(6-2)31(28,29)16-9-7-13(3)17(12-16)21(27)30-14(4)20(26)24-19-10-8-15(22)11-18(19)23/h7-12,14H,5-6H2,1-4H3,(H,24,26). The maximum absolute atomic E-state index is 13.9. The summed E-state index contributed by atoms with van der Waals surface area (Å²) in [5.41, 5.74) is 0.395. The van der Waals surface area contributed by atoms with E-state index in [2.05, 4.69) is 5.32 Å². The number of ether oxygens (including phenoxy) is 1. The molecule has 0 heterocycles. The molecule has 0 saturated heterocycles. The number of nitrogens with one attached hydrogen (secondary N) is 1. The zero-order chi connectivity index (χ0) is 23.3. The van der Waals surface area contributed by atoms with Crippen molar-refractivity contribution in [1.82, 2.24) is 4.31 Å². The third-order valence-corrected chi connectivity index (χ3v) is 6.90. The Balaban J connectivity index is 2.20. The summed E-state index contributed by atoms with van der Waals surface area (Å²) in [7, 11) is -3.77. The van der Waals surface area contributed by atoms with Crippen LogP contribution in [-0.4, -0.2) is 43.8 Å². The molecule has 0 radical (unpaired) electrons. The molecular formula is C21H24ClFN2O5S. The molecule has 0 aliphatic rings. The highest BCUT2D eigenvalue weighted by molar-refractivity contribution is 7.89. The number of halogens is 2. The fraction of sp³-hybridized carbons (Fsp3) is 0.333. The van der Waals surface area contributed by atoms with Crippen LogP contribution in [0.5, 0.6) is 0 Å². The summed E-state index contributed by atoms with van der Waals surface area (Å²) in [5.74, 6) is -2.35. The second kappa shape index (κ2) is 10.2. The van der Waals surface area contributed by atoms with Crippen molar-refractivity contribution in [2.75, 3.05) is 18.4 Å². The summed E-state index contributed by atoms with van der Waals surface area (Å²) in [5, 5.41) is 2.49. The second-order valence-electron chi connectivity index (χ2n) is 6.73. The van der Waals surface area contributed by atoms with Gasteiger partial charge < -0.3 is 10.1 Å². The molecule has 1 atom stereocenters. The van der Waals surface area contributed by atoms with Gasteiger partial charge in [-0.15, -0.1) is 0 Å². The Bertz CT molecular complexity index is 1090. The zero-order valence-corrected chi connectivity index (χ0v) is 19.2. The largest absolute Gasteiger partial charge is 0.449 e. The Morgan fingerprint density at radius 1 is 1.16 bits per heavy atom. The number of benzene rings is 2. The Morgan fingerprint density at radius 3 is 2.39 bits per heavy atom. The number of carbonyl (C=O) groups excluding carboxylic acids is 2. The quantitative estimate of drug-likeness (QED) is 0.588. The lowest BCUT2D eigenvalue weighted by Gasteiger charge is -2.19. The molecular weight excluding hydrogens is 447 g/mol. The summed E-state index contributed by atoms with van der Waals surface area (Å²) < 4.78 is 45.8. The molecule has 1 unspecified atom stereocenters. The first kappa shape index (κ1) is 24.8. The average Bonchev–Trinajstić information content (AvgIpc) is 2.70. The number of anilines is 1. The fourth-order valence-corrected chi connectivity index (χ4v) is 4.44. The first-order chi connectivity index (χ1) is 14.5. The molecule has 7 nitrogen and oxygen atoms in total. The van der Waals surface area contributed by atoms with Crippen LogP contribution in [0.1, 0.15) is 36.7 Å². The van der Waals surface area contributed by atoms with E-state index >= 15 is 0 Å². The van der Waals surface area contributed by atoms with Crippen molar-refractivity contribution in [2.45, 2.75) is 38.7 Å². The normalized spacial score (nSPS) is 12.5. The minimum Gasteiger partial charge on any atom is -0.449 e. The number of hydrogen-bond acceptors (Lipinski definition) is 5. The average molecular weight is 471 g/mol. The van der Waals surface area contributed by atoms with Gasteiger partial charge in [-0.1, -0.05) is 31.5 Å². The number of esters is 1. The number of aryl methyl sites for hydroxylation is 1. The van der Waals surface area contributed by atoms with Crippen LogP contribution in [0, 0.1) is 12.7 Å². The van der Waals surface area contributed by atoms with E-state index in [1.54, 1.807) is 20.8 Å². The van der Waals surface area contributed by atoms with Crippen molar-refractivity contribution in [3.8, 4) is 0 Å². The molecule has 0 aromatic heterocycles. The number of sulfonamides is 1. The molecule has 31 heavy (non-hydrogen) atoms. The van der Waals surface area contributed by atoms with Crippen molar-refractivity contribution in [3.63, 3.8) is 0 Å². The third-order valence-electron chi connectivity index (χ3n) is 4.61. The first-order valence-electron chi connectivity index (χ1n) is 9.58. The predicted octanol–water partition coefficient (Wildman–Crippen LogP) is 4.00. The van der Waals surface area contributed by atoms with Gasteiger partial charge in [-0.3, -0.25) is 4.79 Å². The van der Waals surface area contributed by atoms with Crippen molar-refractivity contribution in [1.29, 1.82) is 0 Å². The Labute approximate surface area is 186 Å². The number of rotatable bonds is 8. The van der Waals surface area contributed by atoms with Gasteiger partial charge >= 0.3 is 5.97 Å². The molecule has 0 aliphatic heterocycles. The Kier molecular flexibility index (Phi) is 8.16. The molecule has 0 spiro atoms. The monoisotopic (exact) mass is 470 g/mol. The highest BCUT2D eigenvalue weighted by atomic mass is 35.5. The van der Waals surface area contributed by atoms with Crippen LogP contribution in [0.2, 0.25) is 5.02 Å². The molecule has 0 fully saturated rings. The minimum absolute atomic E-state index is 0.0190. The second-order valence-corrected chi connectivity index (χ2v) is 9.10. The molecule has 0 aliphatic carbocycles. The van der Waals surface area contributed by atoms with E-state index in [1.807, 2.05) is 0 Å². The lowest BCUT2D eigenvalue weighted by molar-refractivity contribution is -0.123. The van der Waals surface area contributed by atoms with Crippen LogP contribution in [0.3, 0.4) is 0 Å². The molecule has 2 aromatic rings. The van der Waals surface area contributed by atoms with Gasteiger partial charge in [0.05, 0.1) is 16.1 Å². The van der Waals surface area contributed by atoms with Crippen molar-refractivity contribution in [3.05, 3.63) is 58.4 Å².